The molecule has 0 spiro atoms. The number of hydrogen-bond donors (Lipinski definition) is 2. The molecule has 2 heterocycles. The van der Waals surface area contributed by atoms with Gasteiger partial charge in [0.25, 0.3) is 5.91 Å². The van der Waals surface area contributed by atoms with E-state index in [4.69, 9.17) is 27.6 Å². The molecule has 0 fully saturated rings. The van der Waals surface area contributed by atoms with Crippen molar-refractivity contribution in [1.29, 1.82) is 0 Å². The molecule has 3 rings (SSSR count). The normalized spacial score (nSPS) is 12.5. The maximum atomic E-state index is 12.3. The third-order valence-electron chi connectivity index (χ3n) is 3.47. The molecule has 0 saturated heterocycles. The first-order valence-electron chi connectivity index (χ1n) is 6.79. The van der Waals surface area contributed by atoms with Gasteiger partial charge in [-0.25, -0.2) is 0 Å². The van der Waals surface area contributed by atoms with Gasteiger partial charge in [0.15, 0.2) is 0 Å². The number of benzene rings is 1. The highest BCUT2D eigenvalue weighted by Crippen LogP contribution is 2.31. The molecule has 6 heteroatoms. The molecule has 2 aromatic heterocycles. The molecule has 0 radical (unpaired) electrons. The molecule has 1 unspecified atom stereocenters. The van der Waals surface area contributed by atoms with E-state index in [9.17, 15) is 4.79 Å². The van der Waals surface area contributed by atoms with Crippen molar-refractivity contribution in [2.75, 3.05) is 0 Å². The molecular formula is C16H14Cl2N2O2. The van der Waals surface area contributed by atoms with Gasteiger partial charge in [-0.2, -0.15) is 0 Å². The molecule has 3 aromatic rings. The van der Waals surface area contributed by atoms with Crippen molar-refractivity contribution in [3.63, 3.8) is 0 Å². The van der Waals surface area contributed by atoms with Crippen LogP contribution in [-0.2, 0) is 0 Å². The third-order valence-corrected chi connectivity index (χ3v) is 4.29. The van der Waals surface area contributed by atoms with Gasteiger partial charge in [0.1, 0.15) is 17.2 Å². The second-order valence-corrected chi connectivity index (χ2v) is 5.93. The molecule has 1 aromatic carbocycles. The molecule has 114 valence electrons. The molecule has 0 aliphatic heterocycles. The molecule has 22 heavy (non-hydrogen) atoms. The maximum Gasteiger partial charge on any atom is 0.268 e. The molecule has 0 aliphatic carbocycles. The lowest BCUT2D eigenvalue weighted by atomic mass is 10.2. The van der Waals surface area contributed by atoms with Crippen LogP contribution in [0.25, 0.3) is 10.9 Å². The largest absolute Gasteiger partial charge is 0.464 e. The van der Waals surface area contributed by atoms with Crippen molar-refractivity contribution >= 4 is 40.0 Å². The quantitative estimate of drug-likeness (QED) is 0.716. The summed E-state index contributed by atoms with van der Waals surface area (Å²) in [6, 6.07) is 8.66. The highest BCUT2D eigenvalue weighted by atomic mass is 35.5. The number of H-pyrrole nitrogens is 1. The summed E-state index contributed by atoms with van der Waals surface area (Å²) in [7, 11) is 0. The fourth-order valence-electron chi connectivity index (χ4n) is 2.30. The monoisotopic (exact) mass is 336 g/mol. The summed E-state index contributed by atoms with van der Waals surface area (Å²) < 4.78 is 5.51. The zero-order valence-electron chi connectivity index (χ0n) is 12.0. The van der Waals surface area contributed by atoms with Crippen LogP contribution in [0.5, 0.6) is 0 Å². The molecule has 1 amide bonds. The Hall–Kier alpha value is -1.91. The highest BCUT2D eigenvalue weighted by molar-refractivity contribution is 6.45. The van der Waals surface area contributed by atoms with Crippen molar-refractivity contribution in [1.82, 2.24) is 10.3 Å². The number of carbonyl (C=O) groups excluding carboxylic acids is 1. The van der Waals surface area contributed by atoms with Crippen LogP contribution in [0, 0.1) is 6.92 Å². The average molecular weight is 337 g/mol. The Morgan fingerprint density at radius 2 is 2.05 bits per heavy atom. The number of amides is 1. The Labute approximate surface area is 137 Å². The number of carbonyl (C=O) groups is 1. The van der Waals surface area contributed by atoms with Crippen LogP contribution in [0.4, 0.5) is 0 Å². The standard InChI is InChI=1S/C16H14Cl2N2O2/c1-8-3-6-14(22-8)9(2)19-16(21)13-7-10-12(20-13)5-4-11(17)15(10)18/h3-7,9,20H,1-2H3,(H,19,21). The second kappa shape index (κ2) is 5.71. The van der Waals surface area contributed by atoms with E-state index in [1.807, 2.05) is 26.0 Å². The number of furan rings is 1. The Bertz CT molecular complexity index is 851. The highest BCUT2D eigenvalue weighted by Gasteiger charge is 2.17. The van der Waals surface area contributed by atoms with Crippen LogP contribution in [0.3, 0.4) is 0 Å². The molecule has 0 aliphatic rings. The van der Waals surface area contributed by atoms with Gasteiger partial charge < -0.3 is 14.7 Å². The van der Waals surface area contributed by atoms with Gasteiger partial charge in [0.05, 0.1) is 16.1 Å². The van der Waals surface area contributed by atoms with Crippen molar-refractivity contribution in [3.05, 3.63) is 57.6 Å². The molecule has 0 saturated carbocycles. The van der Waals surface area contributed by atoms with Crippen LogP contribution < -0.4 is 5.32 Å². The Kier molecular flexibility index (Phi) is 3.89. The number of rotatable bonds is 3. The first-order chi connectivity index (χ1) is 10.5. The Morgan fingerprint density at radius 1 is 1.27 bits per heavy atom. The fraction of sp³-hybridized carbons (Fsp3) is 0.188. The third kappa shape index (κ3) is 2.72. The van der Waals surface area contributed by atoms with Gasteiger partial charge in [-0.1, -0.05) is 23.2 Å². The van der Waals surface area contributed by atoms with E-state index < -0.39 is 0 Å². The second-order valence-electron chi connectivity index (χ2n) is 5.15. The molecule has 0 bridgehead atoms. The summed E-state index contributed by atoms with van der Waals surface area (Å²) in [5.74, 6) is 1.29. The van der Waals surface area contributed by atoms with E-state index in [0.29, 0.717) is 21.5 Å². The van der Waals surface area contributed by atoms with Crippen LogP contribution in [0.2, 0.25) is 10.0 Å². The number of hydrogen-bond acceptors (Lipinski definition) is 2. The van der Waals surface area contributed by atoms with E-state index in [1.54, 1.807) is 18.2 Å². The zero-order valence-corrected chi connectivity index (χ0v) is 13.5. The van der Waals surface area contributed by atoms with E-state index in [2.05, 4.69) is 10.3 Å². The summed E-state index contributed by atoms with van der Waals surface area (Å²) in [5.41, 5.74) is 1.19. The number of aryl methyl sites for hydroxylation is 1. The van der Waals surface area contributed by atoms with Gasteiger partial charge in [0, 0.05) is 10.9 Å². The molecule has 2 N–H and O–H groups in total. The van der Waals surface area contributed by atoms with Gasteiger partial charge in [-0.15, -0.1) is 0 Å². The number of halogens is 2. The number of aromatic nitrogens is 1. The van der Waals surface area contributed by atoms with E-state index in [0.717, 1.165) is 16.7 Å². The minimum Gasteiger partial charge on any atom is -0.464 e. The van der Waals surface area contributed by atoms with Gasteiger partial charge in [-0.05, 0) is 44.2 Å². The predicted molar refractivity (Wildman–Crippen MR) is 87.6 cm³/mol. The molecule has 4 nitrogen and oxygen atoms in total. The average Bonchev–Trinajstić information content (AvgIpc) is 3.09. The summed E-state index contributed by atoms with van der Waals surface area (Å²) in [6.07, 6.45) is 0. The van der Waals surface area contributed by atoms with E-state index in [-0.39, 0.29) is 11.9 Å². The lowest BCUT2D eigenvalue weighted by Gasteiger charge is -2.10. The van der Waals surface area contributed by atoms with Crippen molar-refractivity contribution in [2.24, 2.45) is 0 Å². The van der Waals surface area contributed by atoms with Crippen molar-refractivity contribution in [3.8, 4) is 0 Å². The van der Waals surface area contributed by atoms with Crippen LogP contribution in [0.15, 0.2) is 34.7 Å². The molecular weight excluding hydrogens is 323 g/mol. The predicted octanol–water partition coefficient (Wildman–Crippen LogP) is 4.87. The van der Waals surface area contributed by atoms with Crippen LogP contribution in [-0.4, -0.2) is 10.9 Å². The minimum atomic E-state index is -0.232. The summed E-state index contributed by atoms with van der Waals surface area (Å²) >= 11 is 12.1. The lowest BCUT2D eigenvalue weighted by Crippen LogP contribution is -2.26. The first kappa shape index (κ1) is 15.0. The van der Waals surface area contributed by atoms with Gasteiger partial charge in [0.2, 0.25) is 0 Å². The number of nitrogens with one attached hydrogen (secondary N) is 2. The zero-order chi connectivity index (χ0) is 15.9. The lowest BCUT2D eigenvalue weighted by molar-refractivity contribution is 0.0931. The fourth-order valence-corrected chi connectivity index (χ4v) is 2.68. The summed E-state index contributed by atoms with van der Waals surface area (Å²) in [6.45, 7) is 3.73. The topological polar surface area (TPSA) is 58.0 Å². The Balaban J connectivity index is 1.84. The molecule has 1 atom stereocenters. The number of fused-ring (bicyclic) bond motifs is 1. The van der Waals surface area contributed by atoms with Crippen LogP contribution in [0.1, 0.15) is 35.0 Å². The number of aromatic amines is 1. The SMILES string of the molecule is Cc1ccc(C(C)NC(=O)c2cc3c(Cl)c(Cl)ccc3[nH]2)o1. The van der Waals surface area contributed by atoms with Crippen molar-refractivity contribution < 1.29 is 9.21 Å². The summed E-state index contributed by atoms with van der Waals surface area (Å²) in [5, 5.41) is 4.50. The van der Waals surface area contributed by atoms with E-state index in [1.165, 1.54) is 0 Å². The first-order valence-corrected chi connectivity index (χ1v) is 7.55. The maximum absolute atomic E-state index is 12.3. The van der Waals surface area contributed by atoms with E-state index >= 15 is 0 Å². The van der Waals surface area contributed by atoms with Gasteiger partial charge >= 0.3 is 0 Å². The van der Waals surface area contributed by atoms with Gasteiger partial charge in [-0.3, -0.25) is 4.79 Å². The summed E-state index contributed by atoms with van der Waals surface area (Å²) in [4.78, 5) is 15.4. The minimum absolute atomic E-state index is 0.230. The van der Waals surface area contributed by atoms with Crippen molar-refractivity contribution in [2.45, 2.75) is 19.9 Å². The smallest absolute Gasteiger partial charge is 0.268 e. The van der Waals surface area contributed by atoms with Crippen LogP contribution >= 0.6 is 23.2 Å². The Morgan fingerprint density at radius 3 is 2.73 bits per heavy atom.